The van der Waals surface area contributed by atoms with Crippen molar-refractivity contribution in [2.75, 3.05) is 0 Å². The summed E-state index contributed by atoms with van der Waals surface area (Å²) in [6, 6.07) is 7.33. The van der Waals surface area contributed by atoms with E-state index in [1.54, 1.807) is 24.7 Å². The summed E-state index contributed by atoms with van der Waals surface area (Å²) in [6.45, 7) is 7.37. The third-order valence-electron chi connectivity index (χ3n) is 6.13. The molecule has 0 bridgehead atoms. The number of carbonyl (C=O) groups excluding carboxylic acids is 1. The van der Waals surface area contributed by atoms with Crippen LogP contribution in [0, 0.1) is 18.8 Å². The van der Waals surface area contributed by atoms with Crippen LogP contribution in [0.4, 0.5) is 17.6 Å². The smallest absolute Gasteiger partial charge is 0.371 e. The summed E-state index contributed by atoms with van der Waals surface area (Å²) >= 11 is 0. The van der Waals surface area contributed by atoms with Gasteiger partial charge in [-0.15, -0.1) is 12.1 Å². The van der Waals surface area contributed by atoms with Crippen LogP contribution in [0.15, 0.2) is 36.8 Å². The minimum absolute atomic E-state index is 0. The molecule has 1 aliphatic rings. The number of hydrogen-bond donors (Lipinski definition) is 0. The molecule has 3 aromatic rings. The Labute approximate surface area is 237 Å². The van der Waals surface area contributed by atoms with Gasteiger partial charge < -0.3 is 4.74 Å². The molecule has 6 nitrogen and oxygen atoms in total. The molecule has 2 atom stereocenters. The van der Waals surface area contributed by atoms with Gasteiger partial charge in [0.2, 0.25) is 0 Å². The number of hydrogen-bond acceptors (Lipinski definition) is 5. The second-order valence-corrected chi connectivity index (χ2v) is 9.65. The van der Waals surface area contributed by atoms with Crippen LogP contribution in [-0.2, 0) is 46.2 Å². The third-order valence-corrected chi connectivity index (χ3v) is 6.13. The van der Waals surface area contributed by atoms with Crippen molar-refractivity contribution in [3.63, 3.8) is 0 Å². The van der Waals surface area contributed by atoms with Crippen LogP contribution in [0.25, 0.3) is 0 Å². The molecule has 0 N–H and O–H groups in total. The minimum atomic E-state index is -4.45. The van der Waals surface area contributed by atoms with E-state index in [1.165, 1.54) is 13.0 Å². The Hall–Kier alpha value is -2.61. The topological polar surface area (TPSA) is 69.9 Å². The predicted octanol–water partition coefficient (Wildman–Crippen LogP) is 6.58. The minimum Gasteiger partial charge on any atom is -0.371 e. The summed E-state index contributed by atoms with van der Waals surface area (Å²) in [7, 11) is 0. The summed E-state index contributed by atoms with van der Waals surface area (Å²) in [5, 5.41) is 3.85. The van der Waals surface area contributed by atoms with Crippen molar-refractivity contribution < 1.29 is 44.5 Å². The standard InChI is InChI=1S/C18H22FN2O.C10H11F3N2O.Cr/c1-4-5-18(22-12-17-11-20-6-7-21-17)14(3)15-8-13(2)9-16(19)10-15;1-6(16)5-15-9(10(11,12)13)4-8(14-15)7-2-3-7;/h6-7,9-11,14,18H,4-5,12H2,1-3H3;4,7H,2-3,5H2,1H3;/q-1;;. The van der Waals surface area contributed by atoms with Crippen molar-refractivity contribution in [2.24, 2.45) is 0 Å². The van der Waals surface area contributed by atoms with E-state index in [4.69, 9.17) is 4.74 Å². The molecule has 1 fully saturated rings. The Morgan fingerprint density at radius 2 is 1.95 bits per heavy atom. The molecule has 212 valence electrons. The van der Waals surface area contributed by atoms with Gasteiger partial charge in [-0.2, -0.15) is 35.5 Å². The summed E-state index contributed by atoms with van der Waals surface area (Å²) < 4.78 is 58.3. The van der Waals surface area contributed by atoms with Gasteiger partial charge in [-0.3, -0.25) is 19.4 Å². The predicted molar refractivity (Wildman–Crippen MR) is 134 cm³/mol. The maximum atomic E-state index is 13.6. The number of ether oxygens (including phenoxy) is 1. The van der Waals surface area contributed by atoms with Gasteiger partial charge in [0.15, 0.2) is 5.78 Å². The van der Waals surface area contributed by atoms with Crippen LogP contribution in [0.2, 0.25) is 0 Å². The van der Waals surface area contributed by atoms with Gasteiger partial charge in [0.25, 0.3) is 0 Å². The molecule has 2 aromatic heterocycles. The molecule has 1 aliphatic carbocycles. The van der Waals surface area contributed by atoms with Gasteiger partial charge in [0.05, 0.1) is 36.8 Å². The normalized spacial score (nSPS) is 14.6. The molecule has 1 aromatic carbocycles. The van der Waals surface area contributed by atoms with Crippen LogP contribution in [0.3, 0.4) is 0 Å². The van der Waals surface area contributed by atoms with Gasteiger partial charge in [0.1, 0.15) is 5.69 Å². The fourth-order valence-electron chi connectivity index (χ4n) is 4.08. The maximum Gasteiger partial charge on any atom is 0.433 e. The Balaban J connectivity index is 0.000000279. The number of aromatic nitrogens is 4. The van der Waals surface area contributed by atoms with Crippen LogP contribution in [0.1, 0.15) is 86.5 Å². The van der Waals surface area contributed by atoms with Gasteiger partial charge in [-0.1, -0.05) is 27.2 Å². The monoisotopic (exact) mass is 585 g/mol. The second kappa shape index (κ2) is 14.7. The zero-order valence-corrected chi connectivity index (χ0v) is 23.7. The molecule has 0 aliphatic heterocycles. The van der Waals surface area contributed by atoms with E-state index in [-0.39, 0.29) is 53.4 Å². The number of ketones is 1. The quantitative estimate of drug-likeness (QED) is 0.199. The Kier molecular flexibility index (Phi) is 12.3. The number of carbonyl (C=O) groups is 1. The van der Waals surface area contributed by atoms with Crippen molar-refractivity contribution in [3.05, 3.63) is 76.9 Å². The van der Waals surface area contributed by atoms with Crippen molar-refractivity contribution in [2.45, 2.75) is 90.6 Å². The first kappa shape index (κ1) is 32.6. The summed E-state index contributed by atoms with van der Waals surface area (Å²) in [4.78, 5) is 19.1. The van der Waals surface area contributed by atoms with Gasteiger partial charge in [-0.05, 0) is 38.2 Å². The molecule has 2 heterocycles. The first-order chi connectivity index (χ1) is 18.0. The number of aryl methyl sites for hydroxylation is 1. The average Bonchev–Trinajstić information content (AvgIpc) is 3.61. The molecule has 39 heavy (non-hydrogen) atoms. The van der Waals surface area contributed by atoms with Crippen molar-refractivity contribution in [3.8, 4) is 0 Å². The first-order valence-corrected chi connectivity index (χ1v) is 12.7. The van der Waals surface area contributed by atoms with E-state index in [1.807, 2.05) is 6.92 Å². The fraction of sp³-hybridized carbons (Fsp3) is 0.500. The molecular weight excluding hydrogens is 552 g/mol. The van der Waals surface area contributed by atoms with Crippen LogP contribution >= 0.6 is 0 Å². The Morgan fingerprint density at radius 3 is 2.49 bits per heavy atom. The van der Waals surface area contributed by atoms with Crippen molar-refractivity contribution in [1.82, 2.24) is 19.7 Å². The van der Waals surface area contributed by atoms with Crippen molar-refractivity contribution in [1.29, 1.82) is 0 Å². The Morgan fingerprint density at radius 1 is 1.23 bits per heavy atom. The van der Waals surface area contributed by atoms with Gasteiger partial charge >= 0.3 is 6.18 Å². The van der Waals surface area contributed by atoms with Crippen LogP contribution in [-0.4, -0.2) is 31.6 Å². The number of rotatable bonds is 10. The maximum absolute atomic E-state index is 13.6. The number of alkyl halides is 3. The zero-order chi connectivity index (χ0) is 27.9. The van der Waals surface area contributed by atoms with E-state index in [9.17, 15) is 22.4 Å². The van der Waals surface area contributed by atoms with E-state index in [0.717, 1.165) is 53.3 Å². The summed E-state index contributed by atoms with van der Waals surface area (Å²) in [6.07, 6.45) is 4.23. The van der Waals surface area contributed by atoms with Crippen LogP contribution < -0.4 is 0 Å². The van der Waals surface area contributed by atoms with E-state index < -0.39 is 11.9 Å². The number of benzene rings is 1. The van der Waals surface area contributed by atoms with Crippen LogP contribution in [0.5, 0.6) is 0 Å². The molecular formula is C28H33CrF4N4O2-. The average molecular weight is 586 g/mol. The van der Waals surface area contributed by atoms with Crippen molar-refractivity contribution >= 4 is 5.78 Å². The first-order valence-electron chi connectivity index (χ1n) is 12.7. The van der Waals surface area contributed by atoms with Gasteiger partial charge in [-0.25, -0.2) is 4.39 Å². The molecule has 11 heteroatoms. The molecule has 0 amide bonds. The zero-order valence-electron chi connectivity index (χ0n) is 22.5. The third kappa shape index (κ3) is 10.1. The number of nitrogens with zero attached hydrogens (tertiary/aromatic N) is 4. The largest absolute Gasteiger partial charge is 0.433 e. The van der Waals surface area contributed by atoms with Gasteiger partial charge in [0, 0.05) is 41.5 Å². The Bertz CT molecular complexity index is 1180. The molecule has 2 unspecified atom stereocenters. The molecule has 0 spiro atoms. The summed E-state index contributed by atoms with van der Waals surface area (Å²) in [5.41, 5.74) is 2.09. The summed E-state index contributed by atoms with van der Waals surface area (Å²) in [5.74, 6) is -0.335. The number of Topliss-reactive ketones (excluding diaryl/α,β-unsaturated/α-hetero) is 1. The number of halogens is 4. The fourth-order valence-corrected chi connectivity index (χ4v) is 4.08. The SMILES string of the molecule is CC(=O)Cn1nc(C2CC2)cc1C(F)(F)F.CCCC(OCc1cnccn1)C(C)c1[c-]c(C)cc(F)c1.[Cr]. The second-order valence-electron chi connectivity index (χ2n) is 9.65. The molecule has 0 saturated heterocycles. The van der Waals surface area contributed by atoms with E-state index in [2.05, 4.69) is 35.0 Å². The molecule has 4 rings (SSSR count). The molecule has 0 radical (unpaired) electrons. The van der Waals surface area contributed by atoms with E-state index in [0.29, 0.717) is 12.3 Å². The van der Waals surface area contributed by atoms with E-state index >= 15 is 0 Å². The molecule has 1 saturated carbocycles.